The number of anilines is 1. The quantitative estimate of drug-likeness (QED) is 0.866. The number of nitrogens with zero attached hydrogens (tertiary/aromatic N) is 2. The van der Waals surface area contributed by atoms with Crippen LogP contribution in [-0.2, 0) is 4.79 Å². The second-order valence-electron chi connectivity index (χ2n) is 5.16. The van der Waals surface area contributed by atoms with E-state index in [1.54, 1.807) is 24.3 Å². The van der Waals surface area contributed by atoms with Gasteiger partial charge in [0.1, 0.15) is 0 Å². The van der Waals surface area contributed by atoms with Crippen LogP contribution in [0.1, 0.15) is 39.2 Å². The number of nitriles is 1. The van der Waals surface area contributed by atoms with Crippen molar-refractivity contribution in [2.45, 2.75) is 45.7 Å². The molecule has 0 spiro atoms. The summed E-state index contributed by atoms with van der Waals surface area (Å²) in [5.41, 5.74) is 1.31. The van der Waals surface area contributed by atoms with Crippen molar-refractivity contribution < 1.29 is 4.79 Å². The van der Waals surface area contributed by atoms with Gasteiger partial charge in [0.05, 0.1) is 17.7 Å². The van der Waals surface area contributed by atoms with Gasteiger partial charge in [-0.05, 0) is 51.6 Å². The van der Waals surface area contributed by atoms with Crippen molar-refractivity contribution in [3.8, 4) is 6.07 Å². The molecule has 1 aromatic rings. The summed E-state index contributed by atoms with van der Waals surface area (Å²) in [6.45, 7) is 6.19. The van der Waals surface area contributed by atoms with Crippen molar-refractivity contribution in [2.75, 3.05) is 12.4 Å². The smallest absolute Gasteiger partial charge is 0.241 e. The van der Waals surface area contributed by atoms with Crippen LogP contribution in [0.15, 0.2) is 24.3 Å². The fraction of sp³-hybridized carbons (Fsp3) is 0.500. The van der Waals surface area contributed by atoms with Gasteiger partial charge in [-0.3, -0.25) is 9.69 Å². The number of hydrogen-bond acceptors (Lipinski definition) is 3. The highest BCUT2D eigenvalue weighted by Crippen LogP contribution is 2.12. The third-order valence-electron chi connectivity index (χ3n) is 3.67. The number of carbonyl (C=O) groups is 1. The Hall–Kier alpha value is -1.86. The maximum absolute atomic E-state index is 12.2. The summed E-state index contributed by atoms with van der Waals surface area (Å²) in [6, 6.07) is 9.14. The molecule has 2 unspecified atom stereocenters. The molecule has 4 nitrogen and oxygen atoms in total. The average Bonchev–Trinajstić information content (AvgIpc) is 2.46. The van der Waals surface area contributed by atoms with E-state index in [-0.39, 0.29) is 11.9 Å². The van der Waals surface area contributed by atoms with Crippen LogP contribution in [0.2, 0.25) is 0 Å². The Morgan fingerprint density at radius 1 is 1.35 bits per heavy atom. The molecular weight excluding hydrogens is 250 g/mol. The molecule has 0 saturated carbocycles. The van der Waals surface area contributed by atoms with Crippen LogP contribution in [0.4, 0.5) is 5.69 Å². The van der Waals surface area contributed by atoms with Gasteiger partial charge in [-0.2, -0.15) is 5.26 Å². The van der Waals surface area contributed by atoms with Crippen molar-refractivity contribution in [3.05, 3.63) is 29.8 Å². The fourth-order valence-corrected chi connectivity index (χ4v) is 2.06. The van der Waals surface area contributed by atoms with Crippen LogP contribution in [0, 0.1) is 11.3 Å². The number of hydrogen-bond donors (Lipinski definition) is 1. The van der Waals surface area contributed by atoms with Gasteiger partial charge >= 0.3 is 0 Å². The van der Waals surface area contributed by atoms with E-state index >= 15 is 0 Å². The topological polar surface area (TPSA) is 56.1 Å². The molecule has 0 saturated heterocycles. The van der Waals surface area contributed by atoms with Gasteiger partial charge in [-0.1, -0.05) is 13.3 Å². The molecule has 20 heavy (non-hydrogen) atoms. The van der Waals surface area contributed by atoms with E-state index in [2.05, 4.69) is 30.1 Å². The van der Waals surface area contributed by atoms with E-state index in [0.29, 0.717) is 11.6 Å². The van der Waals surface area contributed by atoms with Gasteiger partial charge < -0.3 is 5.32 Å². The molecule has 1 N–H and O–H groups in total. The molecule has 0 aliphatic heterocycles. The van der Waals surface area contributed by atoms with Crippen LogP contribution in [0.25, 0.3) is 0 Å². The van der Waals surface area contributed by atoms with Crippen LogP contribution in [-0.4, -0.2) is 29.9 Å². The largest absolute Gasteiger partial charge is 0.325 e. The Bertz CT molecular complexity index is 475. The number of benzene rings is 1. The predicted octanol–water partition coefficient (Wildman–Crippen LogP) is 3.01. The lowest BCUT2D eigenvalue weighted by atomic mass is 10.1. The van der Waals surface area contributed by atoms with Gasteiger partial charge in [-0.25, -0.2) is 0 Å². The molecule has 0 fully saturated rings. The maximum atomic E-state index is 12.2. The fourth-order valence-electron chi connectivity index (χ4n) is 2.06. The van der Waals surface area contributed by atoms with E-state index in [9.17, 15) is 4.79 Å². The summed E-state index contributed by atoms with van der Waals surface area (Å²) in [6.07, 6.45) is 2.18. The third kappa shape index (κ3) is 4.36. The first-order chi connectivity index (χ1) is 9.49. The van der Waals surface area contributed by atoms with Crippen molar-refractivity contribution in [1.82, 2.24) is 4.90 Å². The SMILES string of the molecule is CCCC(C)N(C)C(C)C(=O)Nc1ccc(C#N)cc1. The maximum Gasteiger partial charge on any atom is 0.241 e. The summed E-state index contributed by atoms with van der Waals surface area (Å²) >= 11 is 0. The first kappa shape index (κ1) is 16.2. The first-order valence-electron chi connectivity index (χ1n) is 7.02. The Morgan fingerprint density at radius 2 is 1.95 bits per heavy atom. The van der Waals surface area contributed by atoms with E-state index < -0.39 is 0 Å². The zero-order valence-corrected chi connectivity index (χ0v) is 12.7. The number of likely N-dealkylation sites (N-methyl/N-ethyl adjacent to an activating group) is 1. The predicted molar refractivity (Wildman–Crippen MR) is 81.4 cm³/mol. The summed E-state index contributed by atoms with van der Waals surface area (Å²) in [5, 5.41) is 11.6. The molecule has 0 aromatic heterocycles. The second-order valence-corrected chi connectivity index (χ2v) is 5.16. The molecule has 1 aromatic carbocycles. The van der Waals surface area contributed by atoms with Crippen molar-refractivity contribution in [1.29, 1.82) is 5.26 Å². The molecule has 2 atom stereocenters. The lowest BCUT2D eigenvalue weighted by molar-refractivity contribution is -0.121. The van der Waals surface area contributed by atoms with Gasteiger partial charge in [0.2, 0.25) is 5.91 Å². The Morgan fingerprint density at radius 3 is 2.45 bits per heavy atom. The lowest BCUT2D eigenvalue weighted by Crippen LogP contribution is -2.44. The van der Waals surface area contributed by atoms with Crippen molar-refractivity contribution >= 4 is 11.6 Å². The average molecular weight is 273 g/mol. The molecule has 0 aliphatic rings. The molecular formula is C16H23N3O. The monoisotopic (exact) mass is 273 g/mol. The van der Waals surface area contributed by atoms with E-state index in [4.69, 9.17) is 5.26 Å². The highest BCUT2D eigenvalue weighted by Gasteiger charge is 2.21. The lowest BCUT2D eigenvalue weighted by Gasteiger charge is -2.29. The molecule has 1 rings (SSSR count). The van der Waals surface area contributed by atoms with Gasteiger partial charge in [0, 0.05) is 11.7 Å². The van der Waals surface area contributed by atoms with Crippen LogP contribution >= 0.6 is 0 Å². The van der Waals surface area contributed by atoms with Crippen molar-refractivity contribution in [3.63, 3.8) is 0 Å². The molecule has 0 aliphatic carbocycles. The Balaban J connectivity index is 2.63. The molecule has 108 valence electrons. The number of carbonyl (C=O) groups excluding carboxylic acids is 1. The van der Waals surface area contributed by atoms with Crippen LogP contribution < -0.4 is 5.32 Å². The van der Waals surface area contributed by atoms with Gasteiger partial charge in [0.25, 0.3) is 0 Å². The Labute approximate surface area is 121 Å². The summed E-state index contributed by atoms with van der Waals surface area (Å²) in [7, 11) is 1.98. The van der Waals surface area contributed by atoms with Gasteiger partial charge in [0.15, 0.2) is 0 Å². The Kier molecular flexibility index (Phi) is 6.20. The number of nitrogens with one attached hydrogen (secondary N) is 1. The molecule has 0 bridgehead atoms. The summed E-state index contributed by atoms with van der Waals surface area (Å²) < 4.78 is 0. The second kappa shape index (κ2) is 7.66. The summed E-state index contributed by atoms with van der Waals surface area (Å²) in [5.74, 6) is -0.0276. The molecule has 4 heteroatoms. The highest BCUT2D eigenvalue weighted by molar-refractivity contribution is 5.94. The zero-order valence-electron chi connectivity index (χ0n) is 12.7. The summed E-state index contributed by atoms with van der Waals surface area (Å²) in [4.78, 5) is 14.3. The van der Waals surface area contributed by atoms with Gasteiger partial charge in [-0.15, -0.1) is 0 Å². The number of amides is 1. The minimum absolute atomic E-state index is 0.0276. The van der Waals surface area contributed by atoms with Crippen molar-refractivity contribution in [2.24, 2.45) is 0 Å². The molecule has 0 heterocycles. The number of rotatable bonds is 6. The van der Waals surface area contributed by atoms with E-state index in [1.807, 2.05) is 14.0 Å². The van der Waals surface area contributed by atoms with Crippen LogP contribution in [0.3, 0.4) is 0 Å². The first-order valence-corrected chi connectivity index (χ1v) is 7.02. The van der Waals surface area contributed by atoms with Crippen LogP contribution in [0.5, 0.6) is 0 Å². The normalized spacial score (nSPS) is 13.6. The zero-order chi connectivity index (χ0) is 15.1. The minimum atomic E-state index is -0.188. The molecule has 0 radical (unpaired) electrons. The standard InChI is InChI=1S/C16H23N3O/c1-5-6-12(2)19(4)13(3)16(20)18-15-9-7-14(11-17)8-10-15/h7-10,12-13H,5-6H2,1-4H3,(H,18,20). The third-order valence-corrected chi connectivity index (χ3v) is 3.67. The molecule has 1 amide bonds. The minimum Gasteiger partial charge on any atom is -0.325 e. The van der Waals surface area contributed by atoms with E-state index in [1.165, 1.54) is 0 Å². The highest BCUT2D eigenvalue weighted by atomic mass is 16.2. The van der Waals surface area contributed by atoms with E-state index in [0.717, 1.165) is 18.5 Å².